The van der Waals surface area contributed by atoms with Crippen LogP contribution in [-0.4, -0.2) is 37.6 Å². The molecule has 2 aromatic rings. The molecule has 0 radical (unpaired) electrons. The second-order valence-corrected chi connectivity index (χ2v) is 7.52. The molecule has 7 nitrogen and oxygen atoms in total. The lowest BCUT2D eigenvalue weighted by atomic mass is 10.1. The molecule has 0 bridgehead atoms. The van der Waals surface area contributed by atoms with E-state index in [1.54, 1.807) is 18.2 Å². The summed E-state index contributed by atoms with van der Waals surface area (Å²) < 4.78 is 11.5. The van der Waals surface area contributed by atoms with Gasteiger partial charge in [-0.25, -0.2) is 0 Å². The number of nitrogens with one attached hydrogen (secondary N) is 3. The van der Waals surface area contributed by atoms with Crippen LogP contribution in [0.4, 0.5) is 11.4 Å². The number of rotatable bonds is 8. The molecule has 0 saturated heterocycles. The van der Waals surface area contributed by atoms with Crippen LogP contribution in [0.1, 0.15) is 25.0 Å². The molecular weight excluding hydrogens is 406 g/mol. The summed E-state index contributed by atoms with van der Waals surface area (Å²) in [7, 11) is 0. The largest absolute Gasteiger partial charge is 0.492 e. The summed E-state index contributed by atoms with van der Waals surface area (Å²) in [5, 5.41) is 8.98. The zero-order valence-corrected chi connectivity index (χ0v) is 18.1. The fourth-order valence-electron chi connectivity index (χ4n) is 3.21. The van der Waals surface area contributed by atoms with Crippen molar-refractivity contribution < 1.29 is 19.1 Å². The Kier molecular flexibility index (Phi) is 7.05. The first-order chi connectivity index (χ1) is 14.4. The topological polar surface area (TPSA) is 88.7 Å². The number of carbonyl (C=O) groups excluding carboxylic acids is 2. The number of anilines is 2. The Morgan fingerprint density at radius 2 is 2.00 bits per heavy atom. The number of hydrogen-bond acceptors (Lipinski definition) is 5. The number of carbonyl (C=O) groups is 2. The molecule has 0 aromatic heterocycles. The van der Waals surface area contributed by atoms with Gasteiger partial charge in [-0.05, 0) is 44.5 Å². The summed E-state index contributed by atoms with van der Waals surface area (Å²) in [5.41, 5.74) is 3.17. The zero-order chi connectivity index (χ0) is 21.7. The third kappa shape index (κ3) is 5.36. The number of fused-ring (bicyclic) bond motifs is 1. The maximum atomic E-state index is 12.2. The molecule has 8 heteroatoms. The summed E-state index contributed by atoms with van der Waals surface area (Å²) in [6.07, 6.45) is 0.951. The average Bonchev–Trinajstić information content (AvgIpc) is 3.07. The van der Waals surface area contributed by atoms with E-state index in [0.717, 1.165) is 23.3 Å². The quantitative estimate of drug-likeness (QED) is 0.595. The molecular formula is C22H26ClN3O4. The van der Waals surface area contributed by atoms with Crippen molar-refractivity contribution in [2.24, 2.45) is 0 Å². The summed E-state index contributed by atoms with van der Waals surface area (Å²) in [6, 6.07) is 9.06. The Bertz CT molecular complexity index is 948. The Morgan fingerprint density at radius 3 is 2.77 bits per heavy atom. The van der Waals surface area contributed by atoms with Gasteiger partial charge >= 0.3 is 0 Å². The number of hydrogen-bond donors (Lipinski definition) is 3. The SMILES string of the molecule is CCOc1cc2c(cc1NCC(=O)NCC(=O)Nc1cccc(Cl)c1C)O[C@@H](C)C2. The lowest BCUT2D eigenvalue weighted by molar-refractivity contribution is -0.122. The minimum absolute atomic E-state index is 0.00210. The van der Waals surface area contributed by atoms with Gasteiger partial charge in [0.2, 0.25) is 11.8 Å². The third-order valence-electron chi connectivity index (χ3n) is 4.73. The summed E-state index contributed by atoms with van der Waals surface area (Å²) in [5.74, 6) is 0.829. The Balaban J connectivity index is 1.53. The van der Waals surface area contributed by atoms with Crippen LogP contribution in [0.15, 0.2) is 30.3 Å². The first kappa shape index (κ1) is 21.8. The molecule has 1 aliphatic rings. The highest BCUT2D eigenvalue weighted by Gasteiger charge is 2.22. The monoisotopic (exact) mass is 431 g/mol. The molecule has 0 fully saturated rings. The predicted molar refractivity (Wildman–Crippen MR) is 118 cm³/mol. The van der Waals surface area contributed by atoms with Crippen LogP contribution in [0.2, 0.25) is 5.02 Å². The number of halogens is 1. The van der Waals surface area contributed by atoms with Crippen LogP contribution in [0.3, 0.4) is 0 Å². The fraction of sp³-hybridized carbons (Fsp3) is 0.364. The van der Waals surface area contributed by atoms with Crippen molar-refractivity contribution in [3.05, 3.63) is 46.5 Å². The summed E-state index contributed by atoms with van der Waals surface area (Å²) in [6.45, 7) is 6.10. The van der Waals surface area contributed by atoms with Crippen molar-refractivity contribution in [3.63, 3.8) is 0 Å². The van der Waals surface area contributed by atoms with Gasteiger partial charge < -0.3 is 25.4 Å². The molecule has 2 amide bonds. The van der Waals surface area contributed by atoms with Gasteiger partial charge in [-0.1, -0.05) is 17.7 Å². The lowest BCUT2D eigenvalue weighted by Crippen LogP contribution is -2.36. The van der Waals surface area contributed by atoms with Crippen LogP contribution in [0.5, 0.6) is 11.5 Å². The molecule has 0 spiro atoms. The normalized spacial score (nSPS) is 14.5. The van der Waals surface area contributed by atoms with Crippen LogP contribution in [0.25, 0.3) is 0 Å². The van der Waals surface area contributed by atoms with Gasteiger partial charge in [0.05, 0.1) is 25.4 Å². The molecule has 2 aromatic carbocycles. The standard InChI is InChI=1S/C22H26ClN3O4/c1-4-29-20-9-15-8-13(2)30-19(15)10-18(20)24-11-21(27)25-12-22(28)26-17-7-5-6-16(23)14(17)3/h5-7,9-10,13,24H,4,8,11-12H2,1-3H3,(H,25,27)(H,26,28)/t13-/m0/s1. The molecule has 1 aliphatic heterocycles. The van der Waals surface area contributed by atoms with Gasteiger partial charge in [-0.3, -0.25) is 9.59 Å². The summed E-state index contributed by atoms with van der Waals surface area (Å²) >= 11 is 6.05. The second-order valence-electron chi connectivity index (χ2n) is 7.11. The maximum absolute atomic E-state index is 12.2. The molecule has 30 heavy (non-hydrogen) atoms. The van der Waals surface area contributed by atoms with E-state index in [0.29, 0.717) is 28.8 Å². The number of amides is 2. The van der Waals surface area contributed by atoms with Gasteiger partial charge in [-0.2, -0.15) is 0 Å². The lowest BCUT2D eigenvalue weighted by Gasteiger charge is -2.14. The van der Waals surface area contributed by atoms with Crippen molar-refractivity contribution >= 4 is 34.8 Å². The van der Waals surface area contributed by atoms with Crippen molar-refractivity contribution in [3.8, 4) is 11.5 Å². The highest BCUT2D eigenvalue weighted by atomic mass is 35.5. The first-order valence-corrected chi connectivity index (χ1v) is 10.3. The van der Waals surface area contributed by atoms with Gasteiger partial charge in [-0.15, -0.1) is 0 Å². The first-order valence-electron chi connectivity index (χ1n) is 9.89. The molecule has 1 heterocycles. The van der Waals surface area contributed by atoms with Crippen molar-refractivity contribution in [2.75, 3.05) is 30.3 Å². The number of benzene rings is 2. The second kappa shape index (κ2) is 9.71. The van der Waals surface area contributed by atoms with E-state index in [1.165, 1.54) is 0 Å². The van der Waals surface area contributed by atoms with Crippen molar-refractivity contribution in [2.45, 2.75) is 33.3 Å². The van der Waals surface area contributed by atoms with Gasteiger partial charge in [0, 0.05) is 28.8 Å². The predicted octanol–water partition coefficient (Wildman–Crippen LogP) is 3.54. The Labute approximate surface area is 181 Å². The Morgan fingerprint density at radius 1 is 1.20 bits per heavy atom. The zero-order valence-electron chi connectivity index (χ0n) is 17.3. The van der Waals surface area contributed by atoms with E-state index in [9.17, 15) is 9.59 Å². The van der Waals surface area contributed by atoms with E-state index in [1.807, 2.05) is 32.9 Å². The van der Waals surface area contributed by atoms with E-state index in [2.05, 4.69) is 16.0 Å². The third-order valence-corrected chi connectivity index (χ3v) is 5.13. The van der Waals surface area contributed by atoms with Crippen molar-refractivity contribution in [1.82, 2.24) is 5.32 Å². The minimum Gasteiger partial charge on any atom is -0.492 e. The van der Waals surface area contributed by atoms with E-state index in [-0.39, 0.29) is 31.0 Å². The molecule has 160 valence electrons. The molecule has 1 atom stereocenters. The molecule has 3 N–H and O–H groups in total. The van der Waals surface area contributed by atoms with Crippen LogP contribution < -0.4 is 25.4 Å². The number of ether oxygens (including phenoxy) is 2. The van der Waals surface area contributed by atoms with Crippen LogP contribution in [-0.2, 0) is 16.0 Å². The van der Waals surface area contributed by atoms with E-state index >= 15 is 0 Å². The molecule has 0 aliphatic carbocycles. The smallest absolute Gasteiger partial charge is 0.243 e. The highest BCUT2D eigenvalue weighted by Crippen LogP contribution is 2.37. The van der Waals surface area contributed by atoms with Gasteiger partial charge in [0.15, 0.2) is 0 Å². The van der Waals surface area contributed by atoms with Gasteiger partial charge in [0.1, 0.15) is 17.6 Å². The van der Waals surface area contributed by atoms with E-state index in [4.69, 9.17) is 21.1 Å². The maximum Gasteiger partial charge on any atom is 0.243 e. The van der Waals surface area contributed by atoms with Crippen LogP contribution in [0, 0.1) is 6.92 Å². The van der Waals surface area contributed by atoms with Gasteiger partial charge in [0.25, 0.3) is 0 Å². The van der Waals surface area contributed by atoms with Crippen molar-refractivity contribution in [1.29, 1.82) is 0 Å². The molecule has 3 rings (SSSR count). The Hall–Kier alpha value is -2.93. The van der Waals surface area contributed by atoms with Crippen LogP contribution >= 0.6 is 11.6 Å². The fourth-order valence-corrected chi connectivity index (χ4v) is 3.38. The summed E-state index contributed by atoms with van der Waals surface area (Å²) in [4.78, 5) is 24.3. The molecule has 0 saturated carbocycles. The highest BCUT2D eigenvalue weighted by molar-refractivity contribution is 6.31. The molecule has 0 unspecified atom stereocenters. The van der Waals surface area contributed by atoms with E-state index < -0.39 is 0 Å². The minimum atomic E-state index is -0.330. The average molecular weight is 432 g/mol.